The van der Waals surface area contributed by atoms with Crippen LogP contribution < -0.4 is 10.2 Å². The first-order chi connectivity index (χ1) is 19.6. The molecule has 0 spiro atoms. The van der Waals surface area contributed by atoms with Crippen molar-refractivity contribution in [2.24, 2.45) is 5.92 Å². The van der Waals surface area contributed by atoms with Gasteiger partial charge in [-0.1, -0.05) is 37.6 Å². The van der Waals surface area contributed by atoms with Gasteiger partial charge in [0.25, 0.3) is 0 Å². The number of anilines is 2. The van der Waals surface area contributed by atoms with Gasteiger partial charge in [-0.2, -0.15) is 18.3 Å². The Hall–Kier alpha value is -3.86. The van der Waals surface area contributed by atoms with Crippen LogP contribution in [-0.2, 0) is 12.6 Å². The molecule has 0 aliphatic carbocycles. The van der Waals surface area contributed by atoms with Gasteiger partial charge in [-0.15, -0.1) is 0 Å². The molecule has 216 valence electrons. The van der Waals surface area contributed by atoms with Crippen LogP contribution in [-0.4, -0.2) is 56.9 Å². The molecule has 8 nitrogen and oxygen atoms in total. The second kappa shape index (κ2) is 11.9. The molecule has 1 aliphatic heterocycles. The zero-order chi connectivity index (χ0) is 29.1. The Balaban J connectivity index is 1.39. The second-order valence-electron chi connectivity index (χ2n) is 10.5. The number of aryl methyl sites for hydroxylation is 1. The van der Waals surface area contributed by atoms with Crippen molar-refractivity contribution < 1.29 is 18.0 Å². The molecular formula is C29H31ClF3N7O. The van der Waals surface area contributed by atoms with Gasteiger partial charge in [0.05, 0.1) is 22.8 Å². The van der Waals surface area contributed by atoms with E-state index in [0.717, 1.165) is 35.4 Å². The summed E-state index contributed by atoms with van der Waals surface area (Å²) in [6, 6.07) is 11.6. The van der Waals surface area contributed by atoms with Gasteiger partial charge in [-0.25, -0.2) is 19.4 Å². The van der Waals surface area contributed by atoms with Crippen molar-refractivity contribution in [2.45, 2.75) is 39.3 Å². The Labute approximate surface area is 241 Å². The molecule has 0 bridgehead atoms. The molecule has 12 heteroatoms. The number of halogens is 4. The van der Waals surface area contributed by atoms with Crippen LogP contribution in [0.25, 0.3) is 16.7 Å². The second-order valence-corrected chi connectivity index (χ2v) is 10.9. The zero-order valence-corrected chi connectivity index (χ0v) is 23.6. The molecule has 1 aliphatic rings. The Bertz CT molecular complexity index is 1540. The number of nitrogens with one attached hydrogen (secondary N) is 1. The number of alkyl halides is 3. The van der Waals surface area contributed by atoms with Crippen LogP contribution in [0.2, 0.25) is 5.02 Å². The highest BCUT2D eigenvalue weighted by Gasteiger charge is 2.31. The van der Waals surface area contributed by atoms with E-state index in [1.54, 1.807) is 21.8 Å². The fourth-order valence-electron chi connectivity index (χ4n) is 4.81. The molecule has 3 heterocycles. The molecule has 2 aromatic carbocycles. The largest absolute Gasteiger partial charge is 0.416 e. The standard InChI is InChI=1S/C29H31ClF3N7O/c1-19(2)10-11-25-36-26(24-18-34-40(27(24)37-25)23-9-4-7-21(30)17-23)38-12-5-13-39(15-14-38)28(41)35-22-8-3-6-20(16-22)29(31,32)33/h3-4,6-9,16-19H,5,10-15H2,1-2H3,(H,35,41). The number of aromatic nitrogens is 4. The first kappa shape index (κ1) is 28.7. The highest BCUT2D eigenvalue weighted by Crippen LogP contribution is 2.31. The molecule has 2 aromatic heterocycles. The van der Waals surface area contributed by atoms with Crippen molar-refractivity contribution in [3.05, 3.63) is 71.1 Å². The van der Waals surface area contributed by atoms with Crippen molar-refractivity contribution in [3.8, 4) is 5.69 Å². The van der Waals surface area contributed by atoms with Crippen LogP contribution in [0.15, 0.2) is 54.7 Å². The lowest BCUT2D eigenvalue weighted by atomic mass is 10.1. The Morgan fingerprint density at radius 3 is 2.61 bits per heavy atom. The summed E-state index contributed by atoms with van der Waals surface area (Å²) in [4.78, 5) is 26.6. The molecule has 4 aromatic rings. The monoisotopic (exact) mass is 585 g/mol. The van der Waals surface area contributed by atoms with E-state index < -0.39 is 17.8 Å². The summed E-state index contributed by atoms with van der Waals surface area (Å²) in [6.45, 7) is 6.28. The summed E-state index contributed by atoms with van der Waals surface area (Å²) in [5.74, 6) is 1.95. The van der Waals surface area contributed by atoms with Crippen molar-refractivity contribution in [3.63, 3.8) is 0 Å². The molecule has 1 saturated heterocycles. The minimum Gasteiger partial charge on any atom is -0.354 e. The lowest BCUT2D eigenvalue weighted by Crippen LogP contribution is -2.38. The number of rotatable bonds is 6. The summed E-state index contributed by atoms with van der Waals surface area (Å²) < 4.78 is 41.1. The van der Waals surface area contributed by atoms with Crippen molar-refractivity contribution in [1.29, 1.82) is 0 Å². The van der Waals surface area contributed by atoms with Gasteiger partial charge in [-0.05, 0) is 55.2 Å². The number of hydrogen-bond donors (Lipinski definition) is 1. The average molecular weight is 586 g/mol. The highest BCUT2D eigenvalue weighted by atomic mass is 35.5. The van der Waals surface area contributed by atoms with Crippen LogP contribution in [0, 0.1) is 5.92 Å². The molecule has 0 unspecified atom stereocenters. The molecule has 1 N–H and O–H groups in total. The Kier molecular flexibility index (Phi) is 8.35. The molecule has 5 rings (SSSR count). The molecular weight excluding hydrogens is 555 g/mol. The fraction of sp³-hybridized carbons (Fsp3) is 0.379. The summed E-state index contributed by atoms with van der Waals surface area (Å²) in [6.07, 6.45) is -0.437. The quantitative estimate of drug-likeness (QED) is 0.269. The smallest absolute Gasteiger partial charge is 0.354 e. The Morgan fingerprint density at radius 2 is 1.85 bits per heavy atom. The maximum atomic E-state index is 13.1. The highest BCUT2D eigenvalue weighted by molar-refractivity contribution is 6.30. The van der Waals surface area contributed by atoms with Crippen molar-refractivity contribution >= 4 is 40.2 Å². The van der Waals surface area contributed by atoms with E-state index in [-0.39, 0.29) is 5.69 Å². The molecule has 2 amide bonds. The number of hydrogen-bond acceptors (Lipinski definition) is 5. The summed E-state index contributed by atoms with van der Waals surface area (Å²) >= 11 is 6.25. The van der Waals surface area contributed by atoms with E-state index in [9.17, 15) is 18.0 Å². The number of fused-ring (bicyclic) bond motifs is 1. The summed E-state index contributed by atoms with van der Waals surface area (Å²) in [5.41, 5.74) is 0.767. The number of nitrogens with zero attached hydrogens (tertiary/aromatic N) is 6. The van der Waals surface area contributed by atoms with Gasteiger partial charge in [0.2, 0.25) is 0 Å². The number of urea groups is 1. The van der Waals surface area contributed by atoms with E-state index in [0.29, 0.717) is 61.4 Å². The minimum atomic E-state index is -4.48. The number of carbonyl (C=O) groups excluding carboxylic acids is 1. The SMILES string of the molecule is CC(C)CCc1nc(N2CCCN(C(=O)Nc3cccc(C(F)(F)F)c3)CC2)c2cnn(-c3cccc(Cl)c3)c2n1. The molecule has 1 fully saturated rings. The fourth-order valence-corrected chi connectivity index (χ4v) is 5.00. The average Bonchev–Trinajstić information content (AvgIpc) is 3.20. The number of benzene rings is 2. The number of amides is 2. The lowest BCUT2D eigenvalue weighted by molar-refractivity contribution is -0.137. The Morgan fingerprint density at radius 1 is 1.05 bits per heavy atom. The minimum absolute atomic E-state index is 0.103. The van der Waals surface area contributed by atoms with Gasteiger partial charge in [0.1, 0.15) is 11.6 Å². The van der Waals surface area contributed by atoms with Crippen molar-refractivity contribution in [1.82, 2.24) is 24.6 Å². The third-order valence-corrected chi connectivity index (χ3v) is 7.21. The van der Waals surface area contributed by atoms with E-state index in [1.807, 2.05) is 18.2 Å². The lowest BCUT2D eigenvalue weighted by Gasteiger charge is -2.24. The van der Waals surface area contributed by atoms with Gasteiger partial charge in [0, 0.05) is 43.3 Å². The first-order valence-electron chi connectivity index (χ1n) is 13.6. The summed E-state index contributed by atoms with van der Waals surface area (Å²) in [5, 5.41) is 8.61. The summed E-state index contributed by atoms with van der Waals surface area (Å²) in [7, 11) is 0. The van der Waals surface area contributed by atoms with E-state index in [4.69, 9.17) is 21.6 Å². The van der Waals surface area contributed by atoms with Gasteiger partial charge < -0.3 is 15.1 Å². The van der Waals surface area contributed by atoms with Gasteiger partial charge in [0.15, 0.2) is 5.65 Å². The third kappa shape index (κ3) is 6.73. The van der Waals surface area contributed by atoms with Crippen LogP contribution in [0.1, 0.15) is 38.1 Å². The maximum absolute atomic E-state index is 13.1. The van der Waals surface area contributed by atoms with E-state index in [1.165, 1.54) is 12.1 Å². The van der Waals surface area contributed by atoms with Crippen LogP contribution in [0.3, 0.4) is 0 Å². The molecule has 0 radical (unpaired) electrons. The van der Waals surface area contributed by atoms with Crippen molar-refractivity contribution in [2.75, 3.05) is 36.4 Å². The topological polar surface area (TPSA) is 79.2 Å². The van der Waals surface area contributed by atoms with Crippen LogP contribution in [0.4, 0.5) is 29.5 Å². The van der Waals surface area contributed by atoms with E-state index >= 15 is 0 Å². The maximum Gasteiger partial charge on any atom is 0.416 e. The molecule has 0 saturated carbocycles. The molecule has 41 heavy (non-hydrogen) atoms. The predicted octanol–water partition coefficient (Wildman–Crippen LogP) is 6.82. The first-order valence-corrected chi connectivity index (χ1v) is 13.9. The van der Waals surface area contributed by atoms with Crippen LogP contribution >= 0.6 is 11.6 Å². The van der Waals surface area contributed by atoms with Crippen LogP contribution in [0.5, 0.6) is 0 Å². The van der Waals surface area contributed by atoms with Gasteiger partial charge in [-0.3, -0.25) is 0 Å². The van der Waals surface area contributed by atoms with E-state index in [2.05, 4.69) is 29.2 Å². The predicted molar refractivity (Wildman–Crippen MR) is 154 cm³/mol. The third-order valence-electron chi connectivity index (χ3n) is 6.98. The number of carbonyl (C=O) groups is 1. The molecule has 0 atom stereocenters. The van der Waals surface area contributed by atoms with Gasteiger partial charge >= 0.3 is 12.2 Å². The normalized spacial score (nSPS) is 14.5. The zero-order valence-electron chi connectivity index (χ0n) is 22.8.